The second-order valence-corrected chi connectivity index (χ2v) is 4.68. The van der Waals surface area contributed by atoms with Crippen molar-refractivity contribution in [2.45, 2.75) is 25.8 Å². The lowest BCUT2D eigenvalue weighted by Gasteiger charge is -2.27. The zero-order valence-electron chi connectivity index (χ0n) is 9.98. The molecule has 2 heteroatoms. The fraction of sp³-hybridized carbons (Fsp3) is 0.267. The highest BCUT2D eigenvalue weighted by molar-refractivity contribution is 5.56. The molecule has 0 amide bonds. The number of benzene rings is 1. The van der Waals surface area contributed by atoms with Crippen molar-refractivity contribution < 1.29 is 0 Å². The number of nitrogens with one attached hydrogen (secondary N) is 1. The number of hydrogen-bond donors (Lipinski definition) is 1. The largest absolute Gasteiger partial charge is 0.378 e. The molecule has 0 radical (unpaired) electrons. The highest BCUT2D eigenvalue weighted by atomic mass is 14.9. The van der Waals surface area contributed by atoms with E-state index in [0.29, 0.717) is 6.04 Å². The van der Waals surface area contributed by atoms with Crippen LogP contribution in [0.2, 0.25) is 0 Å². The molecule has 1 atom stereocenters. The maximum atomic E-state index is 4.19. The fourth-order valence-electron chi connectivity index (χ4n) is 2.46. The van der Waals surface area contributed by atoms with Crippen LogP contribution in [0.4, 0.5) is 5.69 Å². The molecule has 1 N–H and O–H groups in total. The topological polar surface area (TPSA) is 24.9 Å². The highest BCUT2D eigenvalue weighted by Crippen LogP contribution is 2.32. The Balaban J connectivity index is 1.88. The van der Waals surface area contributed by atoms with Crippen LogP contribution in [0.15, 0.2) is 42.7 Å². The summed E-state index contributed by atoms with van der Waals surface area (Å²) in [5.41, 5.74) is 5.32. The van der Waals surface area contributed by atoms with Gasteiger partial charge in [-0.3, -0.25) is 4.98 Å². The van der Waals surface area contributed by atoms with E-state index in [1.165, 1.54) is 22.4 Å². The van der Waals surface area contributed by atoms with E-state index in [4.69, 9.17) is 0 Å². The minimum absolute atomic E-state index is 0.402. The molecule has 17 heavy (non-hydrogen) atoms. The van der Waals surface area contributed by atoms with Crippen molar-refractivity contribution in [1.29, 1.82) is 0 Å². The number of nitrogens with zero attached hydrogens (tertiary/aromatic N) is 1. The number of aromatic nitrogens is 1. The molecule has 0 aliphatic carbocycles. The maximum absolute atomic E-state index is 4.19. The van der Waals surface area contributed by atoms with E-state index < -0.39 is 0 Å². The monoisotopic (exact) mass is 224 g/mol. The summed E-state index contributed by atoms with van der Waals surface area (Å²) in [5.74, 6) is 0. The predicted octanol–water partition coefficient (Wildman–Crippen LogP) is 3.49. The Kier molecular flexibility index (Phi) is 2.56. The molecule has 1 aromatic carbocycles. The lowest BCUT2D eigenvalue weighted by molar-refractivity contribution is 0.665. The van der Waals surface area contributed by atoms with Gasteiger partial charge in [0.05, 0.1) is 6.04 Å². The lowest BCUT2D eigenvalue weighted by atomic mass is 9.93. The minimum Gasteiger partial charge on any atom is -0.378 e. The van der Waals surface area contributed by atoms with Gasteiger partial charge in [0.15, 0.2) is 0 Å². The van der Waals surface area contributed by atoms with Crippen LogP contribution in [0.1, 0.15) is 29.2 Å². The molecule has 1 aliphatic rings. The Morgan fingerprint density at radius 1 is 1.29 bits per heavy atom. The van der Waals surface area contributed by atoms with Gasteiger partial charge in [-0.05, 0) is 43.0 Å². The summed E-state index contributed by atoms with van der Waals surface area (Å²) >= 11 is 0. The fourth-order valence-corrected chi connectivity index (χ4v) is 2.46. The van der Waals surface area contributed by atoms with Gasteiger partial charge >= 0.3 is 0 Å². The Morgan fingerprint density at radius 3 is 3.06 bits per heavy atom. The van der Waals surface area contributed by atoms with Crippen LogP contribution in [-0.2, 0) is 6.42 Å². The van der Waals surface area contributed by atoms with Crippen molar-refractivity contribution in [3.05, 3.63) is 59.4 Å². The zero-order chi connectivity index (χ0) is 11.7. The molecular weight excluding hydrogens is 208 g/mol. The first-order chi connectivity index (χ1) is 8.33. The third-order valence-corrected chi connectivity index (χ3v) is 3.38. The maximum Gasteiger partial charge on any atom is 0.0532 e. The molecule has 2 aromatic rings. The van der Waals surface area contributed by atoms with Crippen molar-refractivity contribution in [3.8, 4) is 0 Å². The Hall–Kier alpha value is -1.83. The second-order valence-electron chi connectivity index (χ2n) is 4.68. The van der Waals surface area contributed by atoms with E-state index in [2.05, 4.69) is 41.5 Å². The molecule has 86 valence electrons. The Bertz CT molecular complexity index is 520. The average molecular weight is 224 g/mol. The molecule has 3 rings (SSSR count). The summed E-state index contributed by atoms with van der Waals surface area (Å²) in [5, 5.41) is 3.60. The van der Waals surface area contributed by atoms with Crippen LogP contribution in [-0.4, -0.2) is 4.98 Å². The quantitative estimate of drug-likeness (QED) is 0.802. The smallest absolute Gasteiger partial charge is 0.0532 e. The van der Waals surface area contributed by atoms with E-state index in [-0.39, 0.29) is 0 Å². The number of aryl methyl sites for hydroxylation is 2. The lowest BCUT2D eigenvalue weighted by Crippen LogP contribution is -2.18. The van der Waals surface area contributed by atoms with Crippen molar-refractivity contribution >= 4 is 5.69 Å². The van der Waals surface area contributed by atoms with Crippen LogP contribution in [0.5, 0.6) is 0 Å². The third kappa shape index (κ3) is 2.03. The van der Waals surface area contributed by atoms with Gasteiger partial charge in [0, 0.05) is 18.1 Å². The molecule has 0 saturated carbocycles. The molecular formula is C15H16N2. The van der Waals surface area contributed by atoms with Gasteiger partial charge in [-0.15, -0.1) is 0 Å². The van der Waals surface area contributed by atoms with Crippen molar-refractivity contribution in [2.24, 2.45) is 0 Å². The number of rotatable bonds is 1. The number of hydrogen-bond acceptors (Lipinski definition) is 2. The van der Waals surface area contributed by atoms with Crippen molar-refractivity contribution in [1.82, 2.24) is 4.98 Å². The van der Waals surface area contributed by atoms with Gasteiger partial charge in [0.1, 0.15) is 0 Å². The molecule has 0 spiro atoms. The summed E-state index contributed by atoms with van der Waals surface area (Å²) in [6, 6.07) is 11.2. The average Bonchev–Trinajstić information content (AvgIpc) is 2.39. The normalized spacial score (nSPS) is 18.3. The minimum atomic E-state index is 0.402. The highest BCUT2D eigenvalue weighted by Gasteiger charge is 2.18. The molecule has 1 unspecified atom stereocenters. The Labute approximate surface area is 102 Å². The van der Waals surface area contributed by atoms with Crippen LogP contribution < -0.4 is 5.32 Å². The SMILES string of the molecule is Cc1ccc2c(c1)CCC(c1cccnc1)N2. The number of fused-ring (bicyclic) bond motifs is 1. The number of anilines is 1. The van der Waals surface area contributed by atoms with Crippen LogP contribution in [0, 0.1) is 6.92 Å². The van der Waals surface area contributed by atoms with Gasteiger partial charge in [-0.1, -0.05) is 23.8 Å². The van der Waals surface area contributed by atoms with E-state index in [9.17, 15) is 0 Å². The summed E-state index contributed by atoms with van der Waals surface area (Å²) in [6.45, 7) is 2.15. The first kappa shape index (κ1) is 10.3. The summed E-state index contributed by atoms with van der Waals surface area (Å²) in [7, 11) is 0. The molecule has 1 aliphatic heterocycles. The van der Waals surface area contributed by atoms with Crippen LogP contribution >= 0.6 is 0 Å². The molecule has 0 saturated heterocycles. The zero-order valence-corrected chi connectivity index (χ0v) is 9.98. The van der Waals surface area contributed by atoms with E-state index in [0.717, 1.165) is 12.8 Å². The summed E-state index contributed by atoms with van der Waals surface area (Å²) in [4.78, 5) is 4.19. The number of pyridine rings is 1. The summed E-state index contributed by atoms with van der Waals surface area (Å²) in [6.07, 6.45) is 6.06. The first-order valence-electron chi connectivity index (χ1n) is 6.09. The summed E-state index contributed by atoms with van der Waals surface area (Å²) < 4.78 is 0. The third-order valence-electron chi connectivity index (χ3n) is 3.38. The molecule has 1 aromatic heterocycles. The molecule has 2 nitrogen and oxygen atoms in total. The molecule has 0 fully saturated rings. The van der Waals surface area contributed by atoms with E-state index >= 15 is 0 Å². The standard InChI is InChI=1S/C15H16N2/c1-11-4-6-14-12(9-11)5-7-15(17-14)13-3-2-8-16-10-13/h2-4,6,8-10,15,17H,5,7H2,1H3. The first-order valence-corrected chi connectivity index (χ1v) is 6.09. The van der Waals surface area contributed by atoms with Gasteiger partial charge < -0.3 is 5.32 Å². The molecule has 2 heterocycles. The van der Waals surface area contributed by atoms with Gasteiger partial charge in [-0.25, -0.2) is 0 Å². The van der Waals surface area contributed by atoms with E-state index in [1.54, 1.807) is 0 Å². The predicted molar refractivity (Wildman–Crippen MR) is 70.1 cm³/mol. The molecule has 0 bridgehead atoms. The van der Waals surface area contributed by atoms with Crippen molar-refractivity contribution in [3.63, 3.8) is 0 Å². The van der Waals surface area contributed by atoms with Crippen LogP contribution in [0.3, 0.4) is 0 Å². The Morgan fingerprint density at radius 2 is 2.24 bits per heavy atom. The van der Waals surface area contributed by atoms with Crippen LogP contribution in [0.25, 0.3) is 0 Å². The van der Waals surface area contributed by atoms with Crippen molar-refractivity contribution in [2.75, 3.05) is 5.32 Å². The van der Waals surface area contributed by atoms with Gasteiger partial charge in [-0.2, -0.15) is 0 Å². The van der Waals surface area contributed by atoms with Gasteiger partial charge in [0.2, 0.25) is 0 Å². The second kappa shape index (κ2) is 4.21. The van der Waals surface area contributed by atoms with E-state index in [1.807, 2.05) is 18.5 Å². The van der Waals surface area contributed by atoms with Gasteiger partial charge in [0.25, 0.3) is 0 Å².